The number of carboxylic acids is 1. The van der Waals surface area contributed by atoms with Crippen molar-refractivity contribution < 1.29 is 100 Å². The maximum atomic E-state index is 12.8. The van der Waals surface area contributed by atoms with Gasteiger partial charge in [-0.2, -0.15) is 4.31 Å². The Kier molecular flexibility index (Phi) is 13.0. The van der Waals surface area contributed by atoms with E-state index in [1.54, 1.807) is 0 Å². The molecule has 1 aromatic heterocycles. The number of carbonyl (C=O) groups is 2. The average Bonchev–Trinajstić information content (AvgIpc) is 3.22. The summed E-state index contributed by atoms with van der Waals surface area (Å²) in [5, 5.41) is 52.4. The third-order valence-corrected chi connectivity index (χ3v) is 9.76. The van der Waals surface area contributed by atoms with Gasteiger partial charge in [0.1, 0.15) is 42.7 Å². The van der Waals surface area contributed by atoms with Crippen molar-refractivity contribution in [3.63, 3.8) is 0 Å². The van der Waals surface area contributed by atoms with E-state index >= 15 is 0 Å². The molecule has 0 radical (unpaired) electrons. The van der Waals surface area contributed by atoms with Crippen molar-refractivity contribution in [3.05, 3.63) is 33.1 Å². The number of aliphatic hydroxyl groups is 4. The van der Waals surface area contributed by atoms with Crippen LogP contribution in [0.15, 0.2) is 21.9 Å². The molecular formula is C20H32N3O23P3. The summed E-state index contributed by atoms with van der Waals surface area (Å²) in [6.07, 6.45) is -15.0. The summed E-state index contributed by atoms with van der Waals surface area (Å²) in [7, 11) is -17.3. The van der Waals surface area contributed by atoms with E-state index in [0.717, 1.165) is 19.2 Å². The Hall–Kier alpha value is -2.29. The molecule has 3 heterocycles. The number of ether oxygens (including phenoxy) is 3. The zero-order chi connectivity index (χ0) is 37.3. The molecule has 26 nitrogen and oxygen atoms in total. The number of phosphoric acid groups is 3. The molecular weight excluding hydrogens is 743 g/mol. The van der Waals surface area contributed by atoms with Gasteiger partial charge in [-0.1, -0.05) is 0 Å². The molecule has 3 rings (SSSR count). The molecule has 2 saturated heterocycles. The number of carbonyl (C=O) groups excluding carboxylic acids is 1. The fraction of sp³-hybridized carbons (Fsp3) is 0.700. The number of aliphatic hydroxyl groups excluding tert-OH is 4. The van der Waals surface area contributed by atoms with Crippen LogP contribution in [-0.4, -0.2) is 134 Å². The van der Waals surface area contributed by atoms with Crippen LogP contribution in [0.4, 0.5) is 0 Å². The number of hydrogen-bond acceptors (Lipinski definition) is 18. The van der Waals surface area contributed by atoms with Gasteiger partial charge in [0.05, 0.1) is 13.2 Å². The van der Waals surface area contributed by atoms with Crippen LogP contribution in [0.5, 0.6) is 0 Å². The predicted octanol–water partition coefficient (Wildman–Crippen LogP) is -4.72. The molecule has 2 aliphatic rings. The number of nitrogens with zero attached hydrogens (tertiary/aromatic N) is 1. The van der Waals surface area contributed by atoms with Crippen LogP contribution in [0, 0.1) is 0 Å². The summed E-state index contributed by atoms with van der Waals surface area (Å²) < 4.78 is 70.7. The fourth-order valence-corrected chi connectivity index (χ4v) is 7.22. The second-order valence-corrected chi connectivity index (χ2v) is 14.5. The van der Waals surface area contributed by atoms with E-state index in [4.69, 9.17) is 28.5 Å². The van der Waals surface area contributed by atoms with Gasteiger partial charge in [-0.3, -0.25) is 28.2 Å². The van der Waals surface area contributed by atoms with Crippen LogP contribution < -0.4 is 16.6 Å². The Morgan fingerprint density at radius 1 is 1.02 bits per heavy atom. The third kappa shape index (κ3) is 10.6. The Bertz CT molecular complexity index is 1630. The zero-order valence-corrected chi connectivity index (χ0v) is 27.5. The summed E-state index contributed by atoms with van der Waals surface area (Å²) in [4.78, 5) is 87.7. The number of hydrogen-bond donors (Lipinski definition) is 11. The van der Waals surface area contributed by atoms with Crippen LogP contribution in [0.1, 0.15) is 20.1 Å². The van der Waals surface area contributed by atoms with Gasteiger partial charge in [0, 0.05) is 26.1 Å². The van der Waals surface area contributed by atoms with Gasteiger partial charge in [-0.25, -0.2) is 27.8 Å². The number of aromatic nitrogens is 2. The normalized spacial score (nSPS) is 32.8. The van der Waals surface area contributed by atoms with Crippen molar-refractivity contribution in [2.24, 2.45) is 0 Å². The van der Waals surface area contributed by atoms with Gasteiger partial charge < -0.3 is 64.6 Å². The van der Waals surface area contributed by atoms with E-state index in [-0.39, 0.29) is 0 Å². The monoisotopic (exact) mass is 775 g/mol. The Morgan fingerprint density at radius 3 is 2.18 bits per heavy atom. The minimum Gasteiger partial charge on any atom is -0.477 e. The highest BCUT2D eigenvalue weighted by molar-refractivity contribution is 7.61. The number of H-pyrrole nitrogens is 1. The van der Waals surface area contributed by atoms with E-state index in [1.165, 1.54) is 0 Å². The molecule has 2 fully saturated rings. The smallest absolute Gasteiger partial charge is 0.477 e. The van der Waals surface area contributed by atoms with Crippen molar-refractivity contribution in [1.82, 2.24) is 14.9 Å². The maximum absolute atomic E-state index is 12.8. The SMILES string of the molecule is CC(=O)N[C@H]1[C@@H](OP(=O)(O)OP(=O)(O)OC[C@H]2O[C@@H](n3ccc(=O)[nH]c3=O)[C@H](O)[C@@H]2O)O[C@H](CO)[C@@H](O)[C@@H]1OC(C)(OP(=O)(O)O)C(=O)O. The Morgan fingerprint density at radius 2 is 1.65 bits per heavy atom. The number of carboxylic acid groups (broad SMARTS) is 1. The van der Waals surface area contributed by atoms with E-state index in [2.05, 4.69) is 13.4 Å². The molecule has 0 bridgehead atoms. The van der Waals surface area contributed by atoms with Crippen LogP contribution in [0.3, 0.4) is 0 Å². The van der Waals surface area contributed by atoms with Crippen LogP contribution in [0.2, 0.25) is 0 Å². The molecule has 280 valence electrons. The zero-order valence-electron chi connectivity index (χ0n) is 24.8. The lowest BCUT2D eigenvalue weighted by molar-refractivity contribution is -0.297. The summed E-state index contributed by atoms with van der Waals surface area (Å²) in [6, 6.07) is -1.23. The summed E-state index contributed by atoms with van der Waals surface area (Å²) in [5.74, 6) is -6.53. The van der Waals surface area contributed by atoms with Gasteiger partial charge in [0.25, 0.3) is 11.3 Å². The quantitative estimate of drug-likeness (QED) is 0.0589. The van der Waals surface area contributed by atoms with Crippen molar-refractivity contribution in [2.45, 2.75) is 74.8 Å². The number of nitrogens with one attached hydrogen (secondary N) is 2. The highest BCUT2D eigenvalue weighted by Crippen LogP contribution is 2.61. The van der Waals surface area contributed by atoms with Crippen molar-refractivity contribution in [1.29, 1.82) is 0 Å². The molecule has 0 aliphatic carbocycles. The molecule has 1 aromatic rings. The summed E-state index contributed by atoms with van der Waals surface area (Å²) in [6.45, 7) is -1.02. The molecule has 0 aromatic carbocycles. The van der Waals surface area contributed by atoms with Gasteiger partial charge in [0.15, 0.2) is 12.5 Å². The van der Waals surface area contributed by atoms with Crippen molar-refractivity contribution >= 4 is 35.3 Å². The first-order valence-electron chi connectivity index (χ1n) is 13.3. The molecule has 1 amide bonds. The minimum absolute atomic E-state index is 0.468. The highest BCUT2D eigenvalue weighted by atomic mass is 31.3. The number of phosphoric ester groups is 3. The van der Waals surface area contributed by atoms with Crippen LogP contribution in [-0.2, 0) is 55.4 Å². The summed E-state index contributed by atoms with van der Waals surface area (Å²) >= 11 is 0. The molecule has 0 spiro atoms. The Balaban J connectivity index is 1.79. The van der Waals surface area contributed by atoms with Crippen molar-refractivity contribution in [3.8, 4) is 0 Å². The first-order chi connectivity index (χ1) is 22.4. The van der Waals surface area contributed by atoms with E-state index < -0.39 is 121 Å². The predicted molar refractivity (Wildman–Crippen MR) is 148 cm³/mol. The number of amides is 1. The molecule has 29 heteroatoms. The van der Waals surface area contributed by atoms with Crippen LogP contribution in [0.25, 0.3) is 0 Å². The number of aromatic amines is 1. The van der Waals surface area contributed by atoms with E-state index in [0.29, 0.717) is 11.5 Å². The van der Waals surface area contributed by atoms with Gasteiger partial charge in [-0.05, 0) is 0 Å². The lowest BCUT2D eigenvalue weighted by atomic mass is 9.96. The second-order valence-electron chi connectivity index (χ2n) is 10.3. The first-order valence-corrected chi connectivity index (χ1v) is 17.8. The van der Waals surface area contributed by atoms with Crippen LogP contribution >= 0.6 is 23.5 Å². The fourth-order valence-electron chi connectivity index (χ4n) is 4.48. The minimum atomic E-state index is -5.95. The largest absolute Gasteiger partial charge is 0.483 e. The number of aliphatic carboxylic acids is 1. The molecule has 11 N–H and O–H groups in total. The molecule has 2 aliphatic heterocycles. The maximum Gasteiger partial charge on any atom is 0.483 e. The molecule has 0 saturated carbocycles. The third-order valence-electron chi connectivity index (χ3n) is 6.57. The average molecular weight is 775 g/mol. The van der Waals surface area contributed by atoms with Crippen molar-refractivity contribution in [2.75, 3.05) is 13.2 Å². The van der Waals surface area contributed by atoms with Gasteiger partial charge >= 0.3 is 35.1 Å². The molecule has 3 unspecified atom stereocenters. The summed E-state index contributed by atoms with van der Waals surface area (Å²) in [5.41, 5.74) is -1.86. The lowest BCUT2D eigenvalue weighted by Gasteiger charge is -2.45. The van der Waals surface area contributed by atoms with E-state index in [1.807, 2.05) is 10.3 Å². The van der Waals surface area contributed by atoms with Gasteiger partial charge in [0.2, 0.25) is 5.91 Å². The van der Waals surface area contributed by atoms with E-state index in [9.17, 15) is 68.2 Å². The number of rotatable bonds is 15. The first kappa shape index (κ1) is 41.1. The second kappa shape index (κ2) is 15.5. The highest BCUT2D eigenvalue weighted by Gasteiger charge is 2.55. The Labute approximate surface area is 272 Å². The topological polar surface area (TPSA) is 399 Å². The molecule has 49 heavy (non-hydrogen) atoms. The lowest BCUT2D eigenvalue weighted by Crippen LogP contribution is -2.67. The molecule has 12 atom stereocenters. The van der Waals surface area contributed by atoms with Gasteiger partial charge in [-0.15, -0.1) is 0 Å². The standard InChI is InChI=1S/C20H32N3O23P3/c1-7(25)21-11-15(43-20(2,18(30)31)45-47(33,34)35)13(28)8(5-24)42-17(11)44-49(38,39)46-48(36,37)40-6-9-12(27)14(29)16(41-9)23-4-3-10(26)22-19(23)32/h3-4,8-9,11-17,24,27-29H,5-6H2,1-2H3,(H,21,25)(H,30,31)(H,36,37)(H,38,39)(H,22,26,32)(H2,33,34,35)/t8-,9-,11-,12-,13-,14-,15-,16-,17-,20?/m1/s1.